The van der Waals surface area contributed by atoms with Gasteiger partial charge in [0.15, 0.2) is 0 Å². The van der Waals surface area contributed by atoms with E-state index in [2.05, 4.69) is 4.74 Å². The molecule has 24 heavy (non-hydrogen) atoms. The van der Waals surface area contributed by atoms with E-state index in [4.69, 9.17) is 0 Å². The fourth-order valence-electron chi connectivity index (χ4n) is 2.11. The standard InChI is InChI=1S/C13H13N3O7S/c1-7(2)5-10-12(17)23-13(18)14(10)24-11-4-3-8(15(19)20)6-9(11)16(21)22/h3-4,6-7,10H,5H2,1-2H3/t10-/m1/s1. The van der Waals surface area contributed by atoms with E-state index in [9.17, 15) is 29.8 Å². The predicted molar refractivity (Wildman–Crippen MR) is 82.2 cm³/mol. The van der Waals surface area contributed by atoms with Crippen molar-refractivity contribution in [3.8, 4) is 0 Å². The van der Waals surface area contributed by atoms with Crippen molar-refractivity contribution in [1.29, 1.82) is 0 Å². The maximum atomic E-state index is 11.8. The minimum Gasteiger partial charge on any atom is -0.374 e. The van der Waals surface area contributed by atoms with Gasteiger partial charge >= 0.3 is 12.1 Å². The Morgan fingerprint density at radius 2 is 1.92 bits per heavy atom. The molecule has 0 saturated carbocycles. The first-order valence-corrected chi connectivity index (χ1v) is 7.63. The molecule has 1 aliphatic heterocycles. The molecule has 10 nitrogen and oxygen atoms in total. The summed E-state index contributed by atoms with van der Waals surface area (Å²) in [5.41, 5.74) is -0.963. The van der Waals surface area contributed by atoms with Crippen LogP contribution in [0, 0.1) is 26.1 Å². The van der Waals surface area contributed by atoms with Gasteiger partial charge in [0.25, 0.3) is 11.4 Å². The molecule has 0 bridgehead atoms. The number of amides is 1. The Labute approximate surface area is 140 Å². The number of carbonyl (C=O) groups excluding carboxylic acids is 2. The number of hydrogen-bond acceptors (Lipinski definition) is 8. The molecule has 1 aliphatic rings. The molecule has 1 aromatic rings. The summed E-state index contributed by atoms with van der Waals surface area (Å²) in [6.07, 6.45) is -0.582. The molecule has 1 heterocycles. The third-order valence-electron chi connectivity index (χ3n) is 3.16. The van der Waals surface area contributed by atoms with Gasteiger partial charge in [0.1, 0.15) is 10.9 Å². The van der Waals surface area contributed by atoms with Crippen LogP contribution in [-0.4, -0.2) is 32.3 Å². The van der Waals surface area contributed by atoms with E-state index in [1.165, 1.54) is 6.07 Å². The number of nitro groups is 2. The largest absolute Gasteiger partial charge is 0.428 e. The number of rotatable bonds is 6. The lowest BCUT2D eigenvalue weighted by molar-refractivity contribution is -0.396. The molecule has 2 rings (SSSR count). The second kappa shape index (κ2) is 6.83. The predicted octanol–water partition coefficient (Wildman–Crippen LogP) is 2.90. The third kappa shape index (κ3) is 3.62. The third-order valence-corrected chi connectivity index (χ3v) is 4.31. The average Bonchev–Trinajstić information content (AvgIpc) is 2.73. The molecule has 1 amide bonds. The Hall–Kier alpha value is -2.69. The molecule has 0 spiro atoms. The maximum Gasteiger partial charge on any atom is 0.428 e. The molecule has 1 atom stereocenters. The second-order valence-corrected chi connectivity index (χ2v) is 6.43. The molecule has 1 fully saturated rings. The zero-order valence-corrected chi connectivity index (χ0v) is 13.5. The number of esters is 1. The summed E-state index contributed by atoms with van der Waals surface area (Å²) in [6.45, 7) is 3.71. The smallest absolute Gasteiger partial charge is 0.374 e. The number of carbonyl (C=O) groups is 2. The molecule has 128 valence electrons. The molecule has 1 saturated heterocycles. The van der Waals surface area contributed by atoms with E-state index < -0.39 is 39.3 Å². The van der Waals surface area contributed by atoms with Gasteiger partial charge in [-0.2, -0.15) is 0 Å². The molecule has 1 aromatic carbocycles. The number of hydrogen-bond donors (Lipinski definition) is 0. The van der Waals surface area contributed by atoms with Crippen molar-refractivity contribution in [2.45, 2.75) is 31.2 Å². The van der Waals surface area contributed by atoms with Crippen LogP contribution in [0.3, 0.4) is 0 Å². The molecule has 0 N–H and O–H groups in total. The van der Waals surface area contributed by atoms with E-state index in [1.807, 2.05) is 13.8 Å². The fraction of sp³-hybridized carbons (Fsp3) is 0.385. The van der Waals surface area contributed by atoms with Crippen molar-refractivity contribution in [2.24, 2.45) is 5.92 Å². The van der Waals surface area contributed by atoms with Crippen molar-refractivity contribution in [2.75, 3.05) is 0 Å². The van der Waals surface area contributed by atoms with Crippen molar-refractivity contribution < 1.29 is 24.2 Å². The van der Waals surface area contributed by atoms with Crippen LogP contribution in [0.15, 0.2) is 23.1 Å². The summed E-state index contributed by atoms with van der Waals surface area (Å²) in [5.74, 6) is -0.630. The minimum absolute atomic E-state index is 0.00556. The van der Waals surface area contributed by atoms with Gasteiger partial charge in [-0.1, -0.05) is 13.8 Å². The quantitative estimate of drug-likeness (QED) is 0.250. The number of cyclic esters (lactones) is 2. The van der Waals surface area contributed by atoms with Gasteiger partial charge in [-0.15, -0.1) is 0 Å². The van der Waals surface area contributed by atoms with Crippen LogP contribution in [0.4, 0.5) is 16.2 Å². The number of non-ortho nitro benzene ring substituents is 1. The summed E-state index contributed by atoms with van der Waals surface area (Å²) in [4.78, 5) is 43.9. The van der Waals surface area contributed by atoms with Gasteiger partial charge in [0.05, 0.1) is 15.9 Å². The molecular weight excluding hydrogens is 342 g/mol. The Kier molecular flexibility index (Phi) is 5.02. The van der Waals surface area contributed by atoms with Gasteiger partial charge in [-0.25, -0.2) is 13.9 Å². The topological polar surface area (TPSA) is 133 Å². The van der Waals surface area contributed by atoms with E-state index in [-0.39, 0.29) is 10.8 Å². The van der Waals surface area contributed by atoms with Crippen LogP contribution in [0.25, 0.3) is 0 Å². The Balaban J connectivity index is 2.35. The number of benzene rings is 1. The summed E-state index contributed by atoms with van der Waals surface area (Å²) in [5, 5.41) is 21.9. The molecular formula is C13H13N3O7S. The highest BCUT2D eigenvalue weighted by Gasteiger charge is 2.43. The first-order chi connectivity index (χ1) is 11.2. The molecule has 11 heteroatoms. The van der Waals surface area contributed by atoms with Crippen LogP contribution in [0.1, 0.15) is 20.3 Å². The molecule has 0 unspecified atom stereocenters. The maximum absolute atomic E-state index is 11.8. The molecule has 0 aliphatic carbocycles. The molecule has 0 aromatic heterocycles. The number of nitro benzene ring substituents is 2. The zero-order chi connectivity index (χ0) is 18.0. The van der Waals surface area contributed by atoms with Crippen molar-refractivity contribution >= 4 is 35.4 Å². The first-order valence-electron chi connectivity index (χ1n) is 6.86. The Morgan fingerprint density at radius 1 is 1.25 bits per heavy atom. The monoisotopic (exact) mass is 355 g/mol. The fourth-order valence-corrected chi connectivity index (χ4v) is 3.09. The van der Waals surface area contributed by atoms with Crippen LogP contribution < -0.4 is 0 Å². The number of ether oxygens (including phenoxy) is 1. The average molecular weight is 355 g/mol. The lowest BCUT2D eigenvalue weighted by atomic mass is 10.0. The van der Waals surface area contributed by atoms with Gasteiger partial charge in [0, 0.05) is 18.0 Å². The van der Waals surface area contributed by atoms with Gasteiger partial charge in [-0.05, 0) is 18.4 Å². The van der Waals surface area contributed by atoms with Crippen molar-refractivity contribution in [3.63, 3.8) is 0 Å². The molecule has 0 radical (unpaired) electrons. The first kappa shape index (κ1) is 17.7. The van der Waals surface area contributed by atoms with E-state index in [0.29, 0.717) is 18.4 Å². The van der Waals surface area contributed by atoms with Gasteiger partial charge in [0.2, 0.25) is 0 Å². The minimum atomic E-state index is -0.914. The Morgan fingerprint density at radius 3 is 2.46 bits per heavy atom. The van der Waals surface area contributed by atoms with E-state index >= 15 is 0 Å². The van der Waals surface area contributed by atoms with Crippen LogP contribution >= 0.6 is 11.9 Å². The van der Waals surface area contributed by atoms with E-state index in [1.54, 1.807) is 0 Å². The summed E-state index contributed by atoms with van der Waals surface area (Å²) in [6, 6.07) is 2.21. The van der Waals surface area contributed by atoms with Crippen LogP contribution in [-0.2, 0) is 9.53 Å². The summed E-state index contributed by atoms with van der Waals surface area (Å²) in [7, 11) is 0. The summed E-state index contributed by atoms with van der Waals surface area (Å²) >= 11 is 0.662. The highest BCUT2D eigenvalue weighted by atomic mass is 32.2. The lowest BCUT2D eigenvalue weighted by Gasteiger charge is -2.19. The highest BCUT2D eigenvalue weighted by molar-refractivity contribution is 7.97. The zero-order valence-electron chi connectivity index (χ0n) is 12.7. The number of nitrogens with zero attached hydrogens (tertiary/aromatic N) is 3. The summed E-state index contributed by atoms with van der Waals surface area (Å²) < 4.78 is 5.60. The lowest BCUT2D eigenvalue weighted by Crippen LogP contribution is -2.30. The van der Waals surface area contributed by atoms with Crippen molar-refractivity contribution in [3.05, 3.63) is 38.4 Å². The SMILES string of the molecule is CC(C)C[C@@H]1C(=O)OC(=O)N1Sc1ccc([N+](=O)[O-])cc1[N+](=O)[O-]. The van der Waals surface area contributed by atoms with Crippen LogP contribution in [0.5, 0.6) is 0 Å². The van der Waals surface area contributed by atoms with Crippen molar-refractivity contribution in [1.82, 2.24) is 4.31 Å². The van der Waals surface area contributed by atoms with Gasteiger partial charge in [-0.3, -0.25) is 20.2 Å². The second-order valence-electron chi connectivity index (χ2n) is 5.42. The Bertz CT molecular complexity index is 722. The normalized spacial score (nSPS) is 17.3. The highest BCUT2D eigenvalue weighted by Crippen LogP contribution is 2.38. The van der Waals surface area contributed by atoms with Crippen LogP contribution in [0.2, 0.25) is 0 Å². The van der Waals surface area contributed by atoms with E-state index in [0.717, 1.165) is 16.4 Å². The van der Waals surface area contributed by atoms with Gasteiger partial charge < -0.3 is 4.74 Å².